The second-order valence-electron chi connectivity index (χ2n) is 11.9. The van der Waals surface area contributed by atoms with Crippen LogP contribution in [0.3, 0.4) is 0 Å². The summed E-state index contributed by atoms with van der Waals surface area (Å²) in [5, 5.41) is -0.803. The van der Waals surface area contributed by atoms with Gasteiger partial charge in [-0.3, -0.25) is 14.3 Å². The number of alkyl halides is 3. The summed E-state index contributed by atoms with van der Waals surface area (Å²) in [6.07, 6.45) is -4.99. The van der Waals surface area contributed by atoms with E-state index in [1.165, 1.54) is 30.0 Å². The molecule has 1 saturated heterocycles. The van der Waals surface area contributed by atoms with Gasteiger partial charge >= 0.3 is 18.0 Å². The molecule has 3 aromatic rings. The SMILES string of the molecule is CCS(=O)(=O)c1ccc(Cl)cc1Cn1c(=O)[nH]c2c(Cl)c(CN3CC[C@@H](N(C)C(=O)OC(C)(C)C)C3)c(C(F)(F)F)cc2c1=O. The fourth-order valence-corrected chi connectivity index (χ4v) is 6.84. The Morgan fingerprint density at radius 1 is 1.13 bits per heavy atom. The first kappa shape index (κ1) is 34.8. The van der Waals surface area contributed by atoms with Crippen LogP contribution in [0.2, 0.25) is 10.0 Å². The zero-order chi connectivity index (χ0) is 33.6. The number of carbonyl (C=O) groups is 1. The van der Waals surface area contributed by atoms with E-state index in [1.54, 1.807) is 32.7 Å². The zero-order valence-corrected chi connectivity index (χ0v) is 27.5. The Balaban J connectivity index is 1.74. The number of hydrogen-bond acceptors (Lipinski definition) is 7. The molecule has 10 nitrogen and oxygen atoms in total. The van der Waals surface area contributed by atoms with Crippen LogP contribution in [0.15, 0.2) is 38.8 Å². The molecule has 1 amide bonds. The molecule has 4 rings (SSSR count). The standard InChI is InChI=1S/C29H33Cl2F3N4O6S/c1-6-45(42,43)22-8-7-17(30)11-16(22)13-38-25(39)19-12-21(29(32,33)34)20(23(31)24(19)35-26(38)40)15-37-10-9-18(14-37)36(5)27(41)44-28(2,3)4/h7-8,11-12,18H,6,9-10,13-15H2,1-5H3,(H,35,40)/t18-/m1/s1. The number of likely N-dealkylation sites (N-methyl/N-ethyl adjacent to an activating group) is 1. The number of halogens is 5. The monoisotopic (exact) mass is 692 g/mol. The number of aromatic amines is 1. The highest BCUT2D eigenvalue weighted by Crippen LogP contribution is 2.39. The first-order chi connectivity index (χ1) is 20.7. The molecular weight excluding hydrogens is 660 g/mol. The lowest BCUT2D eigenvalue weighted by molar-refractivity contribution is -0.138. The third kappa shape index (κ3) is 7.50. The second-order valence-corrected chi connectivity index (χ2v) is 14.9. The van der Waals surface area contributed by atoms with Crippen LogP contribution in [0.4, 0.5) is 18.0 Å². The molecule has 1 aliphatic heterocycles. The van der Waals surface area contributed by atoms with Gasteiger partial charge in [0.15, 0.2) is 9.84 Å². The van der Waals surface area contributed by atoms with Gasteiger partial charge in [-0.25, -0.2) is 18.0 Å². The molecule has 1 atom stereocenters. The maximum absolute atomic E-state index is 14.4. The summed E-state index contributed by atoms with van der Waals surface area (Å²) in [5.41, 5.74) is -4.56. The van der Waals surface area contributed by atoms with Crippen molar-refractivity contribution in [3.05, 3.63) is 71.8 Å². The van der Waals surface area contributed by atoms with E-state index in [-0.39, 0.29) is 51.4 Å². The van der Waals surface area contributed by atoms with E-state index in [2.05, 4.69) is 4.98 Å². The molecule has 2 heterocycles. The maximum Gasteiger partial charge on any atom is 0.416 e. The van der Waals surface area contributed by atoms with E-state index in [9.17, 15) is 36.0 Å². The van der Waals surface area contributed by atoms with Crippen molar-refractivity contribution in [3.63, 3.8) is 0 Å². The molecule has 0 aliphatic carbocycles. The van der Waals surface area contributed by atoms with Crippen LogP contribution in [0, 0.1) is 0 Å². The number of sulfone groups is 1. The molecule has 0 spiro atoms. The number of hydrogen-bond donors (Lipinski definition) is 1. The molecule has 0 radical (unpaired) electrons. The van der Waals surface area contributed by atoms with Gasteiger partial charge in [0.1, 0.15) is 5.60 Å². The molecule has 1 fully saturated rings. The topological polar surface area (TPSA) is 122 Å². The Labute approximate surface area is 267 Å². The van der Waals surface area contributed by atoms with Crippen molar-refractivity contribution in [2.24, 2.45) is 0 Å². The van der Waals surface area contributed by atoms with Gasteiger partial charge in [0.05, 0.1) is 38.7 Å². The van der Waals surface area contributed by atoms with Crippen LogP contribution in [0.5, 0.6) is 0 Å². The van der Waals surface area contributed by atoms with Crippen molar-refractivity contribution in [3.8, 4) is 0 Å². The van der Waals surface area contributed by atoms with Crippen LogP contribution < -0.4 is 11.2 Å². The third-order valence-electron chi connectivity index (χ3n) is 7.55. The Morgan fingerprint density at radius 3 is 2.40 bits per heavy atom. The maximum atomic E-state index is 14.4. The van der Waals surface area contributed by atoms with Crippen molar-refractivity contribution in [2.45, 2.75) is 69.9 Å². The number of benzene rings is 2. The summed E-state index contributed by atoms with van der Waals surface area (Å²) in [7, 11) is -2.23. The lowest BCUT2D eigenvalue weighted by Gasteiger charge is -2.29. The van der Waals surface area contributed by atoms with Crippen LogP contribution in [-0.4, -0.2) is 71.4 Å². The summed E-state index contributed by atoms with van der Waals surface area (Å²) >= 11 is 12.6. The molecule has 246 valence electrons. The van der Waals surface area contributed by atoms with Gasteiger partial charge in [0, 0.05) is 37.7 Å². The van der Waals surface area contributed by atoms with Crippen molar-refractivity contribution >= 4 is 50.0 Å². The minimum atomic E-state index is -4.91. The fourth-order valence-electron chi connectivity index (χ4n) is 5.22. The zero-order valence-electron chi connectivity index (χ0n) is 25.2. The predicted octanol–water partition coefficient (Wildman–Crippen LogP) is 5.30. The fraction of sp³-hybridized carbons (Fsp3) is 0.483. The van der Waals surface area contributed by atoms with Crippen LogP contribution in [0.25, 0.3) is 10.9 Å². The van der Waals surface area contributed by atoms with Crippen LogP contribution in [-0.2, 0) is 33.8 Å². The smallest absolute Gasteiger partial charge is 0.416 e. The lowest BCUT2D eigenvalue weighted by atomic mass is 10.0. The lowest BCUT2D eigenvalue weighted by Crippen LogP contribution is -2.42. The first-order valence-electron chi connectivity index (χ1n) is 14.0. The molecule has 45 heavy (non-hydrogen) atoms. The number of nitrogens with one attached hydrogen (secondary N) is 1. The third-order valence-corrected chi connectivity index (χ3v) is 10.0. The number of amides is 1. The molecule has 1 aromatic heterocycles. The highest BCUT2D eigenvalue weighted by Gasteiger charge is 2.38. The van der Waals surface area contributed by atoms with Gasteiger partial charge in [0.2, 0.25) is 0 Å². The number of aromatic nitrogens is 2. The van der Waals surface area contributed by atoms with Crippen LogP contribution in [0.1, 0.15) is 50.8 Å². The van der Waals surface area contributed by atoms with Gasteiger partial charge in [0.25, 0.3) is 5.56 Å². The average molecular weight is 694 g/mol. The second kappa shape index (κ2) is 12.6. The normalized spacial score (nSPS) is 16.4. The van der Waals surface area contributed by atoms with E-state index in [0.29, 0.717) is 23.6 Å². The number of nitrogens with zero attached hydrogens (tertiary/aromatic N) is 3. The highest BCUT2D eigenvalue weighted by atomic mass is 35.5. The van der Waals surface area contributed by atoms with Gasteiger partial charge in [-0.2, -0.15) is 13.2 Å². The highest BCUT2D eigenvalue weighted by molar-refractivity contribution is 7.91. The Morgan fingerprint density at radius 2 is 1.80 bits per heavy atom. The Hall–Kier alpha value is -3.07. The van der Waals surface area contributed by atoms with Gasteiger partial charge < -0.3 is 14.6 Å². The molecule has 0 bridgehead atoms. The molecular formula is C29H33Cl2F3N4O6S. The van der Waals surface area contributed by atoms with E-state index in [4.69, 9.17) is 27.9 Å². The quantitative estimate of drug-likeness (QED) is 0.357. The van der Waals surface area contributed by atoms with E-state index < -0.39 is 61.5 Å². The molecule has 16 heteroatoms. The van der Waals surface area contributed by atoms with Crippen molar-refractivity contribution < 1.29 is 31.1 Å². The van der Waals surface area contributed by atoms with Crippen molar-refractivity contribution in [1.82, 2.24) is 19.4 Å². The van der Waals surface area contributed by atoms with E-state index >= 15 is 0 Å². The molecule has 1 N–H and O–H groups in total. The molecule has 2 aromatic carbocycles. The number of ether oxygens (including phenoxy) is 1. The number of fused-ring (bicyclic) bond motifs is 1. The number of carbonyl (C=O) groups excluding carboxylic acids is 1. The van der Waals surface area contributed by atoms with Crippen molar-refractivity contribution in [1.29, 1.82) is 0 Å². The summed E-state index contributed by atoms with van der Waals surface area (Å²) in [6.45, 7) is 6.35. The summed E-state index contributed by atoms with van der Waals surface area (Å²) in [6, 6.07) is 4.19. The summed E-state index contributed by atoms with van der Waals surface area (Å²) in [4.78, 5) is 44.5. The molecule has 1 aliphatic rings. The first-order valence-corrected chi connectivity index (χ1v) is 16.4. The minimum absolute atomic E-state index is 0.0231. The van der Waals surface area contributed by atoms with E-state index in [1.807, 2.05) is 0 Å². The van der Waals surface area contributed by atoms with Gasteiger partial charge in [-0.1, -0.05) is 30.1 Å². The minimum Gasteiger partial charge on any atom is -0.444 e. The Kier molecular flexibility index (Phi) is 9.75. The number of likely N-dealkylation sites (tertiary alicyclic amines) is 1. The van der Waals surface area contributed by atoms with Gasteiger partial charge in [-0.05, 0) is 62.6 Å². The summed E-state index contributed by atoms with van der Waals surface area (Å²) in [5.74, 6) is -0.271. The summed E-state index contributed by atoms with van der Waals surface area (Å²) < 4.78 is 74.5. The predicted molar refractivity (Wildman–Crippen MR) is 165 cm³/mol. The Bertz CT molecular complexity index is 1870. The van der Waals surface area contributed by atoms with Crippen molar-refractivity contribution in [2.75, 3.05) is 25.9 Å². The van der Waals surface area contributed by atoms with Crippen LogP contribution >= 0.6 is 23.2 Å². The number of H-pyrrole nitrogens is 1. The van der Waals surface area contributed by atoms with E-state index in [0.717, 1.165) is 0 Å². The molecule has 0 saturated carbocycles. The number of rotatable bonds is 7. The molecule has 0 unspecified atom stereocenters. The van der Waals surface area contributed by atoms with Gasteiger partial charge in [-0.15, -0.1) is 0 Å². The average Bonchev–Trinajstić information content (AvgIpc) is 3.39. The largest absolute Gasteiger partial charge is 0.444 e.